The van der Waals surface area contributed by atoms with E-state index in [-0.39, 0.29) is 36.5 Å². The summed E-state index contributed by atoms with van der Waals surface area (Å²) in [6, 6.07) is 7.05. The van der Waals surface area contributed by atoms with Gasteiger partial charge >= 0.3 is 0 Å². The van der Waals surface area contributed by atoms with Gasteiger partial charge in [0.1, 0.15) is 37.1 Å². The summed E-state index contributed by atoms with van der Waals surface area (Å²) in [5.41, 5.74) is 12.4. The van der Waals surface area contributed by atoms with Crippen LogP contribution in [0.4, 0.5) is 0 Å². The van der Waals surface area contributed by atoms with E-state index in [1.165, 1.54) is 14.2 Å². The minimum atomic E-state index is 0. The molecule has 2 heterocycles. The first-order valence-corrected chi connectivity index (χ1v) is 9.05. The van der Waals surface area contributed by atoms with Crippen LogP contribution in [0, 0.1) is 0 Å². The first kappa shape index (κ1) is 28.0. The van der Waals surface area contributed by atoms with Gasteiger partial charge in [-0.1, -0.05) is 10.3 Å². The van der Waals surface area contributed by atoms with Crippen molar-refractivity contribution in [1.29, 1.82) is 0 Å². The molecule has 2 aromatic rings. The van der Waals surface area contributed by atoms with Crippen molar-refractivity contribution in [2.75, 3.05) is 27.4 Å². The summed E-state index contributed by atoms with van der Waals surface area (Å²) >= 11 is 0. The first-order valence-electron chi connectivity index (χ1n) is 9.05. The minimum absolute atomic E-state index is 0. The van der Waals surface area contributed by atoms with Gasteiger partial charge in [0.2, 0.25) is 0 Å². The molecule has 10 nitrogen and oxygen atoms in total. The summed E-state index contributed by atoms with van der Waals surface area (Å²) in [7, 11) is 2.86. The molecule has 0 aliphatic rings. The number of nitrogens with two attached hydrogens (primary N) is 2. The molecule has 172 valence electrons. The maximum Gasteiger partial charge on any atom is 0.188 e. The number of aromatic nitrogens is 2. The Balaban J connectivity index is 0.00000450. The smallest absolute Gasteiger partial charge is 0.188 e. The molecule has 0 unspecified atom stereocenters. The zero-order valence-corrected chi connectivity index (χ0v) is 19.0. The van der Waals surface area contributed by atoms with E-state index in [0.29, 0.717) is 36.1 Å². The number of ether oxygens (including phenoxy) is 2. The Bertz CT molecular complexity index is 737. The standard InChI is InChI=1S/C19H26N6O4.2ClH/c1-26-24-18(20)16-8-6-14(12-22-16)28-10-4-3-5-11-29-15-7-9-17(23-13-15)19(21)25-27-2;;/h6-9,12-13H,3-5,10-11H2,1-2H3,(H2,20,24)(H2,21,25);2*1H. The maximum absolute atomic E-state index is 5.69. The lowest BCUT2D eigenvalue weighted by atomic mass is 10.2. The van der Waals surface area contributed by atoms with Crippen molar-refractivity contribution in [2.24, 2.45) is 21.8 Å². The lowest BCUT2D eigenvalue weighted by molar-refractivity contribution is 0.213. The number of hydrogen-bond donors (Lipinski definition) is 2. The topological polar surface area (TPSA) is 139 Å². The summed E-state index contributed by atoms with van der Waals surface area (Å²) in [5.74, 6) is 1.79. The highest BCUT2D eigenvalue weighted by Crippen LogP contribution is 2.12. The average molecular weight is 475 g/mol. The molecule has 0 amide bonds. The fraction of sp³-hybridized carbons (Fsp3) is 0.368. The van der Waals surface area contributed by atoms with E-state index in [1.807, 2.05) is 0 Å². The van der Waals surface area contributed by atoms with Gasteiger partial charge in [-0.05, 0) is 43.5 Å². The van der Waals surface area contributed by atoms with E-state index < -0.39 is 0 Å². The third-order valence-corrected chi connectivity index (χ3v) is 3.70. The molecule has 0 aliphatic heterocycles. The second-order valence-electron chi connectivity index (χ2n) is 5.83. The van der Waals surface area contributed by atoms with Gasteiger partial charge in [0.05, 0.1) is 25.6 Å². The molecule has 0 spiro atoms. The van der Waals surface area contributed by atoms with Crippen molar-refractivity contribution >= 4 is 36.5 Å². The quantitative estimate of drug-likeness (QED) is 0.207. The monoisotopic (exact) mass is 474 g/mol. The van der Waals surface area contributed by atoms with Gasteiger partial charge in [-0.15, -0.1) is 24.8 Å². The van der Waals surface area contributed by atoms with E-state index in [2.05, 4.69) is 30.0 Å². The molecule has 0 radical (unpaired) electrons. The average Bonchev–Trinajstić information content (AvgIpc) is 2.74. The Hall–Kier alpha value is -2.98. The summed E-state index contributed by atoms with van der Waals surface area (Å²) in [4.78, 5) is 17.6. The number of amidine groups is 2. The summed E-state index contributed by atoms with van der Waals surface area (Å²) < 4.78 is 11.3. The van der Waals surface area contributed by atoms with Crippen molar-refractivity contribution in [3.8, 4) is 11.5 Å². The van der Waals surface area contributed by atoms with Gasteiger partial charge in [0.25, 0.3) is 0 Å². The number of unbranched alkanes of at least 4 members (excludes halogenated alkanes) is 2. The molecule has 2 aromatic heterocycles. The third kappa shape index (κ3) is 10.1. The highest BCUT2D eigenvalue weighted by molar-refractivity contribution is 5.95. The van der Waals surface area contributed by atoms with Crippen LogP contribution in [0.5, 0.6) is 11.5 Å². The van der Waals surface area contributed by atoms with E-state index in [1.54, 1.807) is 36.7 Å². The predicted octanol–water partition coefficient (Wildman–Crippen LogP) is 2.48. The largest absolute Gasteiger partial charge is 0.492 e. The van der Waals surface area contributed by atoms with Crippen molar-refractivity contribution in [3.63, 3.8) is 0 Å². The van der Waals surface area contributed by atoms with Gasteiger partial charge in [0, 0.05) is 0 Å². The molecule has 0 atom stereocenters. The Morgan fingerprint density at radius 2 is 1.16 bits per heavy atom. The van der Waals surface area contributed by atoms with Crippen molar-refractivity contribution in [1.82, 2.24) is 9.97 Å². The molecule has 0 saturated carbocycles. The van der Waals surface area contributed by atoms with Crippen LogP contribution in [0.1, 0.15) is 30.7 Å². The molecular weight excluding hydrogens is 447 g/mol. The summed E-state index contributed by atoms with van der Waals surface area (Å²) in [6.45, 7) is 1.19. The SMILES string of the molecule is CO/N=C(\N)c1ccc(OCCCCCOc2ccc(/C(N)=N/OC)nc2)cn1.Cl.Cl. The molecule has 2 rings (SSSR count). The van der Waals surface area contributed by atoms with Crippen LogP contribution in [-0.4, -0.2) is 49.1 Å². The van der Waals surface area contributed by atoms with Crippen LogP contribution in [0.25, 0.3) is 0 Å². The molecule has 12 heteroatoms. The molecule has 0 bridgehead atoms. The Morgan fingerprint density at radius 1 is 0.742 bits per heavy atom. The van der Waals surface area contributed by atoms with Gasteiger partial charge in [0.15, 0.2) is 11.7 Å². The molecular formula is C19H28Cl2N6O4. The van der Waals surface area contributed by atoms with Crippen molar-refractivity contribution < 1.29 is 19.1 Å². The molecule has 4 N–H and O–H groups in total. The van der Waals surface area contributed by atoms with E-state index in [9.17, 15) is 0 Å². The normalized spacial score (nSPS) is 11.0. The van der Waals surface area contributed by atoms with Gasteiger partial charge in [-0.3, -0.25) is 0 Å². The highest BCUT2D eigenvalue weighted by atomic mass is 35.5. The predicted molar refractivity (Wildman–Crippen MR) is 123 cm³/mol. The number of oxime groups is 2. The van der Waals surface area contributed by atoms with Gasteiger partial charge in [-0.2, -0.15) is 0 Å². The van der Waals surface area contributed by atoms with E-state index in [0.717, 1.165) is 19.3 Å². The molecule has 0 aromatic carbocycles. The van der Waals surface area contributed by atoms with E-state index in [4.69, 9.17) is 20.9 Å². The van der Waals surface area contributed by atoms with Crippen molar-refractivity contribution in [2.45, 2.75) is 19.3 Å². The fourth-order valence-corrected chi connectivity index (χ4v) is 2.29. The zero-order chi connectivity index (χ0) is 20.9. The number of hydrogen-bond acceptors (Lipinski definition) is 8. The molecule has 0 aliphatic carbocycles. The van der Waals surface area contributed by atoms with Crippen LogP contribution in [0.2, 0.25) is 0 Å². The second-order valence-corrected chi connectivity index (χ2v) is 5.83. The van der Waals surface area contributed by atoms with Crippen LogP contribution in [0.15, 0.2) is 47.0 Å². The van der Waals surface area contributed by atoms with Crippen LogP contribution < -0.4 is 20.9 Å². The number of halogens is 2. The zero-order valence-electron chi connectivity index (χ0n) is 17.4. The summed E-state index contributed by atoms with van der Waals surface area (Å²) in [5, 5.41) is 7.26. The minimum Gasteiger partial charge on any atom is -0.492 e. The summed E-state index contributed by atoms with van der Waals surface area (Å²) in [6.07, 6.45) is 5.99. The van der Waals surface area contributed by atoms with Crippen LogP contribution in [-0.2, 0) is 9.68 Å². The molecule has 0 fully saturated rings. The maximum atomic E-state index is 5.69. The lowest BCUT2D eigenvalue weighted by Gasteiger charge is -2.08. The van der Waals surface area contributed by atoms with Crippen LogP contribution >= 0.6 is 24.8 Å². The second kappa shape index (κ2) is 15.8. The Kier molecular flexibility index (Phi) is 14.3. The number of nitrogens with zero attached hydrogens (tertiary/aromatic N) is 4. The van der Waals surface area contributed by atoms with E-state index >= 15 is 0 Å². The number of rotatable bonds is 12. The molecule has 0 saturated heterocycles. The van der Waals surface area contributed by atoms with Crippen molar-refractivity contribution in [3.05, 3.63) is 48.0 Å². The molecule has 31 heavy (non-hydrogen) atoms. The third-order valence-electron chi connectivity index (χ3n) is 3.70. The Labute approximate surface area is 193 Å². The number of pyridine rings is 2. The van der Waals surface area contributed by atoms with Gasteiger partial charge in [-0.25, -0.2) is 9.97 Å². The van der Waals surface area contributed by atoms with Gasteiger partial charge < -0.3 is 30.6 Å². The fourth-order valence-electron chi connectivity index (χ4n) is 2.29. The highest BCUT2D eigenvalue weighted by Gasteiger charge is 2.03. The lowest BCUT2D eigenvalue weighted by Crippen LogP contribution is -2.15. The Morgan fingerprint density at radius 3 is 1.48 bits per heavy atom. The first-order chi connectivity index (χ1) is 14.1. The van der Waals surface area contributed by atoms with Crippen LogP contribution in [0.3, 0.4) is 0 Å².